The summed E-state index contributed by atoms with van der Waals surface area (Å²) < 4.78 is 38.5. The lowest BCUT2D eigenvalue weighted by Gasteiger charge is -2.21. The highest BCUT2D eigenvalue weighted by atomic mass is 32.2. The monoisotopic (exact) mass is 531 g/mol. The van der Waals surface area contributed by atoms with Crippen molar-refractivity contribution in [2.45, 2.75) is 56.3 Å². The number of carbonyl (C=O) groups is 2. The molecule has 0 spiro atoms. The first-order valence-corrected chi connectivity index (χ1v) is 14.3. The minimum atomic E-state index is -3.87. The van der Waals surface area contributed by atoms with Crippen molar-refractivity contribution in [2.75, 3.05) is 32.1 Å². The van der Waals surface area contributed by atoms with Gasteiger partial charge >= 0.3 is 5.97 Å². The summed E-state index contributed by atoms with van der Waals surface area (Å²) >= 11 is 1.39. The van der Waals surface area contributed by atoms with Crippen LogP contribution in [0, 0.1) is 11.3 Å². The first-order valence-electron chi connectivity index (χ1n) is 12.0. The molecular weight excluding hydrogens is 502 g/mol. The highest BCUT2D eigenvalue weighted by Crippen LogP contribution is 2.37. The molecule has 1 amide bonds. The zero-order valence-corrected chi connectivity index (χ0v) is 21.8. The zero-order valence-electron chi connectivity index (χ0n) is 20.2. The van der Waals surface area contributed by atoms with Gasteiger partial charge in [0, 0.05) is 18.0 Å². The predicted octanol–water partition coefficient (Wildman–Crippen LogP) is 3.87. The summed E-state index contributed by atoms with van der Waals surface area (Å²) in [5.74, 6) is -1.25. The molecular formula is C25H29N3O6S2. The molecule has 1 saturated heterocycles. The standard InChI is InChI=1S/C25H29N3O6S2/c1-33-20-11-10-17(14-22(20)36(31,32)28-12-6-2-3-7-13-28)25(30)34-16-23(29)27-24-19(15-26)18-8-4-5-9-21(18)35-24/h10-11,14H,2-9,12-13,16H2,1H3,(H,27,29). The second-order valence-electron chi connectivity index (χ2n) is 8.84. The Bertz CT molecular complexity index is 1290. The molecule has 0 radical (unpaired) electrons. The Morgan fingerprint density at radius 1 is 1.11 bits per heavy atom. The van der Waals surface area contributed by atoms with Crippen LogP contribution in [-0.4, -0.2) is 51.4 Å². The Morgan fingerprint density at radius 3 is 2.53 bits per heavy atom. The first kappa shape index (κ1) is 26.1. The van der Waals surface area contributed by atoms with Gasteiger partial charge in [-0.2, -0.15) is 9.57 Å². The molecule has 0 unspecified atom stereocenters. The largest absolute Gasteiger partial charge is 0.495 e. The third-order valence-electron chi connectivity index (χ3n) is 6.45. The molecule has 36 heavy (non-hydrogen) atoms. The number of esters is 1. The molecule has 1 aromatic heterocycles. The molecule has 2 aliphatic rings. The Kier molecular flexibility index (Phi) is 8.28. The van der Waals surface area contributed by atoms with E-state index in [4.69, 9.17) is 9.47 Å². The SMILES string of the molecule is COc1ccc(C(=O)OCC(=O)Nc2sc3c(c2C#N)CCCC3)cc1S(=O)(=O)N1CCCCCC1. The molecule has 2 aromatic rings. The zero-order chi connectivity index (χ0) is 25.7. The highest BCUT2D eigenvalue weighted by molar-refractivity contribution is 7.89. The molecule has 1 aromatic carbocycles. The van der Waals surface area contributed by atoms with Crippen molar-refractivity contribution in [1.29, 1.82) is 5.26 Å². The summed E-state index contributed by atoms with van der Waals surface area (Å²) in [6.07, 6.45) is 7.28. The maximum Gasteiger partial charge on any atom is 0.338 e. The third-order valence-corrected chi connectivity index (χ3v) is 9.58. The number of sulfonamides is 1. The quantitative estimate of drug-likeness (QED) is 0.538. The van der Waals surface area contributed by atoms with Crippen LogP contribution in [0.2, 0.25) is 0 Å². The number of carbonyl (C=O) groups excluding carboxylic acids is 2. The van der Waals surface area contributed by atoms with Crippen LogP contribution in [0.5, 0.6) is 5.75 Å². The van der Waals surface area contributed by atoms with Crippen molar-refractivity contribution in [3.05, 3.63) is 39.8 Å². The van der Waals surface area contributed by atoms with E-state index in [1.807, 2.05) is 0 Å². The number of anilines is 1. The van der Waals surface area contributed by atoms with E-state index in [1.165, 1.54) is 41.0 Å². The second kappa shape index (κ2) is 11.4. The van der Waals surface area contributed by atoms with Gasteiger partial charge in [0.25, 0.3) is 5.91 Å². The Balaban J connectivity index is 1.45. The average molecular weight is 532 g/mol. The Hall–Kier alpha value is -2.94. The van der Waals surface area contributed by atoms with Gasteiger partial charge in [-0.1, -0.05) is 12.8 Å². The topological polar surface area (TPSA) is 126 Å². The molecule has 0 atom stereocenters. The molecule has 11 heteroatoms. The van der Waals surface area contributed by atoms with Gasteiger partial charge in [-0.05, 0) is 62.3 Å². The highest BCUT2D eigenvalue weighted by Gasteiger charge is 2.29. The van der Waals surface area contributed by atoms with E-state index in [2.05, 4.69) is 11.4 Å². The summed E-state index contributed by atoms with van der Waals surface area (Å²) in [6.45, 7) is 0.265. The van der Waals surface area contributed by atoms with Gasteiger partial charge in [-0.15, -0.1) is 11.3 Å². The van der Waals surface area contributed by atoms with Crippen molar-refractivity contribution in [3.63, 3.8) is 0 Å². The van der Waals surface area contributed by atoms with Crippen LogP contribution in [0.4, 0.5) is 5.00 Å². The van der Waals surface area contributed by atoms with E-state index in [0.29, 0.717) is 23.7 Å². The predicted molar refractivity (Wildman–Crippen MR) is 135 cm³/mol. The number of nitrogens with zero attached hydrogens (tertiary/aromatic N) is 2. The third kappa shape index (κ3) is 5.56. The molecule has 2 heterocycles. The van der Waals surface area contributed by atoms with Gasteiger partial charge in [-0.25, -0.2) is 13.2 Å². The lowest BCUT2D eigenvalue weighted by atomic mass is 9.96. The van der Waals surface area contributed by atoms with Gasteiger partial charge in [0.15, 0.2) is 6.61 Å². The number of benzene rings is 1. The average Bonchev–Trinajstić information content (AvgIpc) is 3.03. The van der Waals surface area contributed by atoms with Gasteiger partial charge < -0.3 is 14.8 Å². The van der Waals surface area contributed by atoms with Crippen LogP contribution in [-0.2, 0) is 32.4 Å². The summed E-state index contributed by atoms with van der Waals surface area (Å²) in [4.78, 5) is 26.2. The van der Waals surface area contributed by atoms with E-state index in [-0.39, 0.29) is 16.2 Å². The molecule has 9 nitrogen and oxygen atoms in total. The maximum absolute atomic E-state index is 13.3. The van der Waals surface area contributed by atoms with Gasteiger partial charge in [0.2, 0.25) is 10.0 Å². The minimum Gasteiger partial charge on any atom is -0.495 e. The molecule has 4 rings (SSSR count). The maximum atomic E-state index is 13.3. The van der Waals surface area contributed by atoms with Crippen LogP contribution < -0.4 is 10.1 Å². The summed E-state index contributed by atoms with van der Waals surface area (Å²) in [6, 6.07) is 6.23. The van der Waals surface area contributed by atoms with E-state index in [1.54, 1.807) is 0 Å². The fraction of sp³-hybridized carbons (Fsp3) is 0.480. The molecule has 0 bridgehead atoms. The second-order valence-corrected chi connectivity index (χ2v) is 11.8. The number of nitriles is 1. The lowest BCUT2D eigenvalue weighted by Crippen LogP contribution is -2.32. The van der Waals surface area contributed by atoms with Gasteiger partial charge in [0.1, 0.15) is 21.7 Å². The van der Waals surface area contributed by atoms with Crippen molar-refractivity contribution in [3.8, 4) is 11.8 Å². The van der Waals surface area contributed by atoms with Gasteiger partial charge in [0.05, 0.1) is 18.2 Å². The van der Waals surface area contributed by atoms with Crippen molar-refractivity contribution >= 4 is 38.2 Å². The van der Waals surface area contributed by atoms with Crippen LogP contribution in [0.25, 0.3) is 0 Å². The summed E-state index contributed by atoms with van der Waals surface area (Å²) in [7, 11) is -2.50. The van der Waals surface area contributed by atoms with Crippen LogP contribution in [0.15, 0.2) is 23.1 Å². The van der Waals surface area contributed by atoms with E-state index < -0.39 is 28.5 Å². The van der Waals surface area contributed by atoms with E-state index in [9.17, 15) is 23.3 Å². The number of nitrogens with one attached hydrogen (secondary N) is 1. The number of amides is 1. The van der Waals surface area contributed by atoms with Crippen molar-refractivity contribution < 1.29 is 27.5 Å². The summed E-state index contributed by atoms with van der Waals surface area (Å²) in [5, 5.41) is 12.7. The molecule has 1 aliphatic carbocycles. The molecule has 1 N–H and O–H groups in total. The molecule has 192 valence electrons. The molecule has 1 fully saturated rings. The normalized spacial score (nSPS) is 16.3. The number of thiophene rings is 1. The minimum absolute atomic E-state index is 0.00120. The fourth-order valence-electron chi connectivity index (χ4n) is 4.58. The Morgan fingerprint density at radius 2 is 1.83 bits per heavy atom. The molecule has 0 saturated carbocycles. The molecule has 1 aliphatic heterocycles. The number of rotatable bonds is 7. The van der Waals surface area contributed by atoms with Crippen LogP contribution >= 0.6 is 11.3 Å². The summed E-state index contributed by atoms with van der Waals surface area (Å²) in [5.41, 5.74) is 1.48. The number of hydrogen-bond donors (Lipinski definition) is 1. The lowest BCUT2D eigenvalue weighted by molar-refractivity contribution is -0.119. The number of methoxy groups -OCH3 is 1. The smallest absolute Gasteiger partial charge is 0.338 e. The van der Waals surface area contributed by atoms with Crippen molar-refractivity contribution in [1.82, 2.24) is 4.31 Å². The van der Waals surface area contributed by atoms with E-state index >= 15 is 0 Å². The number of fused-ring (bicyclic) bond motifs is 1. The van der Waals surface area contributed by atoms with Gasteiger partial charge in [-0.3, -0.25) is 4.79 Å². The Labute approximate surface area is 215 Å². The van der Waals surface area contributed by atoms with Crippen LogP contribution in [0.3, 0.4) is 0 Å². The van der Waals surface area contributed by atoms with Crippen LogP contribution in [0.1, 0.15) is 64.9 Å². The number of ether oxygens (including phenoxy) is 2. The first-order chi connectivity index (χ1) is 17.3. The van der Waals surface area contributed by atoms with E-state index in [0.717, 1.165) is 61.8 Å². The number of hydrogen-bond acceptors (Lipinski definition) is 8. The number of aryl methyl sites for hydroxylation is 1. The van der Waals surface area contributed by atoms with Crippen molar-refractivity contribution in [2.24, 2.45) is 0 Å². The fourth-order valence-corrected chi connectivity index (χ4v) is 7.53.